The summed E-state index contributed by atoms with van der Waals surface area (Å²) in [5.41, 5.74) is 4.27. The summed E-state index contributed by atoms with van der Waals surface area (Å²) in [6.07, 6.45) is 1.01. The quantitative estimate of drug-likeness (QED) is 0.336. The van der Waals surface area contributed by atoms with Crippen molar-refractivity contribution in [3.05, 3.63) is 62.5 Å². The van der Waals surface area contributed by atoms with Gasteiger partial charge in [-0.2, -0.15) is 0 Å². The van der Waals surface area contributed by atoms with Crippen molar-refractivity contribution in [2.24, 2.45) is 4.99 Å². The first-order chi connectivity index (χ1) is 16.7. The normalized spacial score (nSPS) is 11.6. The van der Waals surface area contributed by atoms with Crippen molar-refractivity contribution in [1.82, 2.24) is 14.8 Å². The lowest BCUT2D eigenvalue weighted by Crippen LogP contribution is -2.17. The van der Waals surface area contributed by atoms with E-state index < -0.39 is 0 Å². The lowest BCUT2D eigenvalue weighted by molar-refractivity contribution is -0.138. The van der Waals surface area contributed by atoms with Crippen molar-refractivity contribution in [3.63, 3.8) is 0 Å². The number of carbonyl (C=O) groups excluding carboxylic acids is 1. The highest BCUT2D eigenvalue weighted by Crippen LogP contribution is 2.37. The maximum Gasteiger partial charge on any atom is 0.293 e. The number of rotatable bonds is 3. The van der Waals surface area contributed by atoms with E-state index in [9.17, 15) is 4.79 Å². The summed E-state index contributed by atoms with van der Waals surface area (Å²) in [4.78, 5) is 15.9. The number of nitrogens with zero attached hydrogens (tertiary/aromatic N) is 4. The van der Waals surface area contributed by atoms with Gasteiger partial charge < -0.3 is 4.74 Å². The molecule has 35 heavy (non-hydrogen) atoms. The zero-order valence-corrected chi connectivity index (χ0v) is 24.3. The minimum Gasteiger partial charge on any atom is -0.462 e. The molecule has 0 amide bonds. The molecule has 0 atom stereocenters. The molecular weight excluding hydrogens is 480 g/mol. The first-order valence-electron chi connectivity index (χ1n) is 12.1. The summed E-state index contributed by atoms with van der Waals surface area (Å²) in [7, 11) is 0. The lowest BCUT2D eigenvalue weighted by atomic mass is 9.99. The largest absolute Gasteiger partial charge is 0.462 e. The van der Waals surface area contributed by atoms with Gasteiger partial charge in [-0.1, -0.05) is 58.4 Å². The van der Waals surface area contributed by atoms with Crippen LogP contribution in [0.2, 0.25) is 5.02 Å². The van der Waals surface area contributed by atoms with E-state index in [1.807, 2.05) is 91.0 Å². The van der Waals surface area contributed by atoms with E-state index in [0.29, 0.717) is 13.0 Å². The van der Waals surface area contributed by atoms with Crippen LogP contribution in [0, 0.1) is 13.8 Å². The number of aliphatic imine (C=N–C) groups is 1. The van der Waals surface area contributed by atoms with Gasteiger partial charge in [-0.05, 0) is 58.7 Å². The van der Waals surface area contributed by atoms with Crippen LogP contribution in [0.3, 0.4) is 0 Å². The molecule has 0 spiro atoms. The second kappa shape index (κ2) is 14.1. The van der Waals surface area contributed by atoms with Crippen LogP contribution < -0.4 is 0 Å². The summed E-state index contributed by atoms with van der Waals surface area (Å²) in [6, 6.07) is 7.90. The molecule has 0 unspecified atom stereocenters. The van der Waals surface area contributed by atoms with Crippen LogP contribution >= 0.6 is 22.9 Å². The Hall–Kier alpha value is -2.51. The van der Waals surface area contributed by atoms with Gasteiger partial charge in [0.25, 0.3) is 6.47 Å². The van der Waals surface area contributed by atoms with Crippen LogP contribution in [0.4, 0.5) is 0 Å². The number of carbonyl (C=O) groups is 1. The SMILES string of the molecule is CC.CC.CC(C)(C)OC=O.CCc1sc2c(c1C)C(c1ccc(Cl)cc1)=NCc1nnc(C)n1-2. The Morgan fingerprint density at radius 3 is 2.17 bits per heavy atom. The molecule has 8 heteroatoms. The topological polar surface area (TPSA) is 69.4 Å². The Labute approximate surface area is 219 Å². The molecule has 0 saturated carbocycles. The van der Waals surface area contributed by atoms with E-state index in [0.717, 1.165) is 34.4 Å². The number of fused-ring (bicyclic) bond motifs is 3. The first-order valence-corrected chi connectivity index (χ1v) is 13.3. The van der Waals surface area contributed by atoms with Crippen molar-refractivity contribution in [1.29, 1.82) is 0 Å². The average Bonchev–Trinajstić information content (AvgIpc) is 3.30. The predicted octanol–water partition coefficient (Wildman–Crippen LogP) is 7.52. The van der Waals surface area contributed by atoms with Crippen LogP contribution in [-0.4, -0.2) is 32.5 Å². The third kappa shape index (κ3) is 7.74. The molecule has 0 N–H and O–H groups in total. The molecule has 192 valence electrons. The van der Waals surface area contributed by atoms with E-state index >= 15 is 0 Å². The van der Waals surface area contributed by atoms with Crippen LogP contribution in [0.15, 0.2) is 29.3 Å². The van der Waals surface area contributed by atoms with Gasteiger partial charge in [0.15, 0.2) is 5.82 Å². The Morgan fingerprint density at radius 2 is 1.69 bits per heavy atom. The third-order valence-corrected chi connectivity index (χ3v) is 6.45. The minimum absolute atomic E-state index is 0.318. The molecule has 4 rings (SSSR count). The molecule has 3 aromatic rings. The van der Waals surface area contributed by atoms with Gasteiger partial charge in [-0.3, -0.25) is 14.4 Å². The van der Waals surface area contributed by atoms with Gasteiger partial charge in [0.2, 0.25) is 0 Å². The number of benzene rings is 1. The average molecular weight is 519 g/mol. The number of aromatic nitrogens is 3. The summed E-state index contributed by atoms with van der Waals surface area (Å²) >= 11 is 7.87. The van der Waals surface area contributed by atoms with Crippen LogP contribution in [0.5, 0.6) is 0 Å². The van der Waals surface area contributed by atoms with E-state index in [-0.39, 0.29) is 5.60 Å². The van der Waals surface area contributed by atoms with Crippen molar-refractivity contribution in [2.45, 2.75) is 87.8 Å². The Kier molecular flexibility index (Phi) is 12.3. The fourth-order valence-electron chi connectivity index (χ4n) is 3.31. The number of hydrogen-bond donors (Lipinski definition) is 0. The summed E-state index contributed by atoms with van der Waals surface area (Å²) in [5, 5.41) is 10.5. The highest BCUT2D eigenvalue weighted by molar-refractivity contribution is 7.15. The zero-order valence-electron chi connectivity index (χ0n) is 22.7. The van der Waals surface area contributed by atoms with Gasteiger partial charge in [0, 0.05) is 21.0 Å². The maximum absolute atomic E-state index is 9.60. The molecular formula is C27H39ClN4O2S. The Morgan fingerprint density at radius 1 is 1.09 bits per heavy atom. The third-order valence-electron chi connectivity index (χ3n) is 4.78. The number of thiophene rings is 1. The molecule has 0 bridgehead atoms. The van der Waals surface area contributed by atoms with Gasteiger partial charge in [-0.25, -0.2) is 0 Å². The van der Waals surface area contributed by atoms with E-state index in [2.05, 4.69) is 33.3 Å². The van der Waals surface area contributed by atoms with Crippen molar-refractivity contribution < 1.29 is 9.53 Å². The summed E-state index contributed by atoms with van der Waals surface area (Å²) in [6.45, 7) is 20.8. The first kappa shape index (κ1) is 30.5. The van der Waals surface area contributed by atoms with Gasteiger partial charge >= 0.3 is 0 Å². The Bertz CT molecular complexity index is 1110. The minimum atomic E-state index is -0.318. The number of halogens is 1. The van der Waals surface area contributed by atoms with Gasteiger partial charge in [0.05, 0.1) is 5.71 Å². The molecule has 3 heterocycles. The molecule has 1 aromatic carbocycles. The fraction of sp³-hybridized carbons (Fsp3) is 0.481. The van der Waals surface area contributed by atoms with Crippen molar-refractivity contribution >= 4 is 35.1 Å². The molecule has 0 radical (unpaired) electrons. The van der Waals surface area contributed by atoms with Crippen molar-refractivity contribution in [2.75, 3.05) is 0 Å². The van der Waals surface area contributed by atoms with E-state index in [4.69, 9.17) is 16.6 Å². The molecule has 1 aliphatic rings. The standard InChI is InChI=1S/C18H17ClN4S.C5H10O2.2C2H6/c1-4-14-10(2)16-17(12-5-7-13(19)8-6-12)20-9-15-22-21-11(3)23(15)18(16)24-14;1-5(2,3)7-4-6;2*1-2/h5-8H,4,9H2,1-3H3;4H,1-3H3;2*1-2H3. The number of ether oxygens (including phenoxy) is 1. The monoisotopic (exact) mass is 518 g/mol. The van der Waals surface area contributed by atoms with Crippen LogP contribution in [0.1, 0.15) is 88.6 Å². The molecule has 1 aliphatic heterocycles. The number of hydrogen-bond acceptors (Lipinski definition) is 6. The van der Waals surface area contributed by atoms with Gasteiger partial charge in [0.1, 0.15) is 23.0 Å². The molecule has 0 aliphatic carbocycles. The highest BCUT2D eigenvalue weighted by atomic mass is 35.5. The van der Waals surface area contributed by atoms with E-state index in [1.165, 1.54) is 21.0 Å². The number of aryl methyl sites for hydroxylation is 2. The highest BCUT2D eigenvalue weighted by Gasteiger charge is 2.26. The smallest absolute Gasteiger partial charge is 0.293 e. The lowest BCUT2D eigenvalue weighted by Gasteiger charge is -2.14. The van der Waals surface area contributed by atoms with Crippen LogP contribution in [-0.2, 0) is 22.5 Å². The molecule has 0 fully saturated rings. The summed E-state index contributed by atoms with van der Waals surface area (Å²) < 4.78 is 6.70. The maximum atomic E-state index is 9.60. The second-order valence-corrected chi connectivity index (χ2v) is 9.70. The second-order valence-electron chi connectivity index (χ2n) is 8.18. The zero-order chi connectivity index (χ0) is 26.8. The van der Waals surface area contributed by atoms with Crippen molar-refractivity contribution in [3.8, 4) is 5.00 Å². The molecule has 6 nitrogen and oxygen atoms in total. The summed E-state index contributed by atoms with van der Waals surface area (Å²) in [5.74, 6) is 1.80. The molecule has 2 aromatic heterocycles. The van der Waals surface area contributed by atoms with E-state index in [1.54, 1.807) is 0 Å². The fourth-order valence-corrected chi connectivity index (χ4v) is 4.75. The van der Waals surface area contributed by atoms with Crippen LogP contribution in [0.25, 0.3) is 5.00 Å². The van der Waals surface area contributed by atoms with Gasteiger partial charge in [-0.15, -0.1) is 21.5 Å². The predicted molar refractivity (Wildman–Crippen MR) is 148 cm³/mol. The molecule has 0 saturated heterocycles. The Balaban J connectivity index is 0.000000478.